The van der Waals surface area contributed by atoms with Crippen LogP contribution in [0.4, 0.5) is 4.39 Å². The average molecular weight is 341 g/mol. The predicted octanol–water partition coefficient (Wildman–Crippen LogP) is 3.04. The van der Waals surface area contributed by atoms with Crippen molar-refractivity contribution in [1.29, 1.82) is 0 Å². The lowest BCUT2D eigenvalue weighted by atomic mass is 10.2. The normalized spacial score (nSPS) is 18.7. The monoisotopic (exact) mass is 341 g/mol. The quantitative estimate of drug-likeness (QED) is 0.839. The van der Waals surface area contributed by atoms with Crippen LogP contribution >= 0.6 is 11.3 Å². The highest BCUT2D eigenvalue weighted by Crippen LogP contribution is 2.27. The third-order valence-electron chi connectivity index (χ3n) is 3.49. The molecule has 0 N–H and O–H groups in total. The Hall–Kier alpha value is -1.31. The zero-order valence-electron chi connectivity index (χ0n) is 11.9. The smallest absolute Gasteiger partial charge is 0.158 e. The number of benzene rings is 1. The van der Waals surface area contributed by atoms with E-state index < -0.39 is 9.84 Å². The molecule has 0 unspecified atom stereocenters. The molecular weight excluding hydrogens is 325 g/mol. The maximum atomic E-state index is 13.7. The Morgan fingerprint density at radius 3 is 2.91 bits per heavy atom. The minimum Gasteiger partial charge on any atom is -0.377 e. The molecule has 2 heterocycles. The number of rotatable bonds is 5. The van der Waals surface area contributed by atoms with Gasteiger partial charge in [-0.3, -0.25) is 0 Å². The van der Waals surface area contributed by atoms with Crippen molar-refractivity contribution in [1.82, 2.24) is 4.98 Å². The van der Waals surface area contributed by atoms with Crippen LogP contribution in [0.3, 0.4) is 0 Å². The van der Waals surface area contributed by atoms with Gasteiger partial charge in [-0.1, -0.05) is 12.1 Å². The van der Waals surface area contributed by atoms with Crippen LogP contribution in [-0.4, -0.2) is 31.9 Å². The van der Waals surface area contributed by atoms with E-state index in [1.807, 2.05) is 0 Å². The summed E-state index contributed by atoms with van der Waals surface area (Å²) in [5.74, 6) is -0.456. The van der Waals surface area contributed by atoms with Crippen LogP contribution in [0.1, 0.15) is 18.5 Å². The maximum Gasteiger partial charge on any atom is 0.158 e. The molecule has 0 aliphatic carbocycles. The van der Waals surface area contributed by atoms with E-state index in [9.17, 15) is 12.8 Å². The molecule has 22 heavy (non-hydrogen) atoms. The fraction of sp³-hybridized carbons (Fsp3) is 0.400. The number of hydrogen-bond acceptors (Lipinski definition) is 5. The van der Waals surface area contributed by atoms with Gasteiger partial charge in [-0.15, -0.1) is 11.3 Å². The Balaban J connectivity index is 1.72. The average Bonchev–Trinajstić information content (AvgIpc) is 3.10. The van der Waals surface area contributed by atoms with Crippen LogP contribution in [0.25, 0.3) is 10.6 Å². The highest BCUT2D eigenvalue weighted by molar-refractivity contribution is 7.90. The van der Waals surface area contributed by atoms with Gasteiger partial charge in [0, 0.05) is 17.6 Å². The second-order valence-electron chi connectivity index (χ2n) is 5.31. The van der Waals surface area contributed by atoms with E-state index in [0.717, 1.165) is 12.8 Å². The molecular formula is C15H16FNO3S2. The minimum atomic E-state index is -3.27. The Labute approximate surface area is 132 Å². The van der Waals surface area contributed by atoms with Crippen molar-refractivity contribution in [3.8, 4) is 10.6 Å². The lowest BCUT2D eigenvalue weighted by Crippen LogP contribution is -2.21. The minimum absolute atomic E-state index is 0.0273. The molecule has 1 atom stereocenters. The van der Waals surface area contributed by atoms with Crippen LogP contribution in [-0.2, 0) is 20.3 Å². The molecule has 118 valence electrons. The first kappa shape index (κ1) is 15.6. The van der Waals surface area contributed by atoms with Crippen molar-refractivity contribution >= 4 is 21.2 Å². The van der Waals surface area contributed by atoms with Gasteiger partial charge in [0.25, 0.3) is 0 Å². The highest BCUT2D eigenvalue weighted by atomic mass is 32.2. The van der Waals surface area contributed by atoms with Crippen LogP contribution in [0, 0.1) is 5.82 Å². The first-order chi connectivity index (χ1) is 10.5. The summed E-state index contributed by atoms with van der Waals surface area (Å²) in [6, 6.07) is 6.34. The molecule has 0 bridgehead atoms. The molecule has 1 aromatic heterocycles. The second-order valence-corrected chi connectivity index (χ2v) is 8.28. The molecule has 7 heteroatoms. The van der Waals surface area contributed by atoms with Gasteiger partial charge >= 0.3 is 0 Å². The summed E-state index contributed by atoms with van der Waals surface area (Å²) >= 11 is 1.25. The van der Waals surface area contributed by atoms with Gasteiger partial charge in [0.05, 0.1) is 23.3 Å². The molecule has 4 nitrogen and oxygen atoms in total. The number of sulfone groups is 1. The lowest BCUT2D eigenvalue weighted by Gasteiger charge is -2.08. The first-order valence-electron chi connectivity index (χ1n) is 7.05. The zero-order valence-corrected chi connectivity index (χ0v) is 13.5. The Bertz CT molecular complexity index is 752. The molecule has 2 aromatic rings. The molecule has 1 saturated heterocycles. The number of hydrogen-bond donors (Lipinski definition) is 0. The lowest BCUT2D eigenvalue weighted by molar-refractivity contribution is 0.127. The topological polar surface area (TPSA) is 56.3 Å². The first-order valence-corrected chi connectivity index (χ1v) is 9.75. The Morgan fingerprint density at radius 1 is 1.36 bits per heavy atom. The van der Waals surface area contributed by atoms with Gasteiger partial charge in [0.1, 0.15) is 10.8 Å². The molecule has 0 spiro atoms. The van der Waals surface area contributed by atoms with Crippen LogP contribution in [0.2, 0.25) is 0 Å². The number of halogens is 1. The van der Waals surface area contributed by atoms with Gasteiger partial charge in [0.2, 0.25) is 0 Å². The highest BCUT2D eigenvalue weighted by Gasteiger charge is 2.24. The van der Waals surface area contributed by atoms with E-state index in [1.165, 1.54) is 17.4 Å². The summed E-state index contributed by atoms with van der Waals surface area (Å²) in [5, 5.41) is 2.18. The molecule has 0 radical (unpaired) electrons. The van der Waals surface area contributed by atoms with Crippen LogP contribution < -0.4 is 0 Å². The van der Waals surface area contributed by atoms with E-state index in [0.29, 0.717) is 22.9 Å². The van der Waals surface area contributed by atoms with Crippen molar-refractivity contribution in [2.24, 2.45) is 0 Å². The summed E-state index contributed by atoms with van der Waals surface area (Å²) in [7, 11) is -3.27. The molecule has 1 aromatic carbocycles. The molecule has 1 aliphatic rings. The van der Waals surface area contributed by atoms with E-state index in [4.69, 9.17) is 4.74 Å². The number of nitrogens with zero attached hydrogens (tertiary/aromatic N) is 1. The molecule has 3 rings (SSSR count). The standard InChI is InChI=1S/C15H16FNO3S2/c16-14-6-2-1-5-13(14)15-17-11(8-21-15)9-22(18,19)10-12-4-3-7-20-12/h1-2,5-6,8,12H,3-4,7,9-10H2/t12-/m1/s1. The Kier molecular flexibility index (Phi) is 4.56. The van der Waals surface area contributed by atoms with E-state index in [2.05, 4.69) is 4.98 Å². The molecule has 0 saturated carbocycles. The van der Waals surface area contributed by atoms with Crippen molar-refractivity contribution < 1.29 is 17.5 Å². The Morgan fingerprint density at radius 2 is 2.18 bits per heavy atom. The number of aromatic nitrogens is 1. The van der Waals surface area contributed by atoms with Gasteiger partial charge in [-0.25, -0.2) is 17.8 Å². The van der Waals surface area contributed by atoms with E-state index in [1.54, 1.807) is 23.6 Å². The van der Waals surface area contributed by atoms with Gasteiger partial charge in [-0.05, 0) is 25.0 Å². The van der Waals surface area contributed by atoms with Crippen molar-refractivity contribution in [2.75, 3.05) is 12.4 Å². The number of thiazole rings is 1. The third-order valence-corrected chi connectivity index (χ3v) is 6.03. The second kappa shape index (κ2) is 6.44. The summed E-state index contributed by atoms with van der Waals surface area (Å²) < 4.78 is 43.5. The largest absolute Gasteiger partial charge is 0.377 e. The zero-order chi connectivity index (χ0) is 15.6. The van der Waals surface area contributed by atoms with Crippen molar-refractivity contribution in [2.45, 2.75) is 24.7 Å². The molecule has 0 amide bonds. The maximum absolute atomic E-state index is 13.7. The SMILES string of the molecule is O=S(=O)(Cc1csc(-c2ccccc2F)n1)C[C@H]1CCCO1. The summed E-state index contributed by atoms with van der Waals surface area (Å²) in [4.78, 5) is 4.26. The van der Waals surface area contributed by atoms with Gasteiger partial charge < -0.3 is 4.74 Å². The van der Waals surface area contributed by atoms with Crippen molar-refractivity contribution in [3.63, 3.8) is 0 Å². The summed E-state index contributed by atoms with van der Waals surface area (Å²) in [5.41, 5.74) is 0.858. The molecule has 1 aliphatic heterocycles. The van der Waals surface area contributed by atoms with Crippen LogP contribution in [0.5, 0.6) is 0 Å². The predicted molar refractivity (Wildman–Crippen MR) is 84.0 cm³/mol. The van der Waals surface area contributed by atoms with E-state index >= 15 is 0 Å². The fourth-order valence-corrected chi connectivity index (χ4v) is 4.97. The van der Waals surface area contributed by atoms with E-state index in [-0.39, 0.29) is 23.4 Å². The van der Waals surface area contributed by atoms with Crippen molar-refractivity contribution in [3.05, 3.63) is 41.2 Å². The summed E-state index contributed by atoms with van der Waals surface area (Å²) in [6.45, 7) is 0.633. The summed E-state index contributed by atoms with van der Waals surface area (Å²) in [6.07, 6.45) is 1.50. The van der Waals surface area contributed by atoms with Gasteiger partial charge in [-0.2, -0.15) is 0 Å². The fourth-order valence-electron chi connectivity index (χ4n) is 2.47. The third kappa shape index (κ3) is 3.71. The molecule has 1 fully saturated rings. The number of ether oxygens (including phenoxy) is 1. The van der Waals surface area contributed by atoms with Crippen LogP contribution in [0.15, 0.2) is 29.6 Å². The van der Waals surface area contributed by atoms with Gasteiger partial charge in [0.15, 0.2) is 9.84 Å².